The van der Waals surface area contributed by atoms with Gasteiger partial charge in [0.15, 0.2) is 0 Å². The lowest BCUT2D eigenvalue weighted by molar-refractivity contribution is -0.126. The SMILES string of the molecule is CC1CCCC1CNC(=O)C1(CN)CC1. The Morgan fingerprint density at radius 1 is 1.47 bits per heavy atom. The molecule has 2 unspecified atom stereocenters. The second-order valence-electron chi connectivity index (χ2n) is 5.36. The van der Waals surface area contributed by atoms with Gasteiger partial charge in [-0.1, -0.05) is 19.8 Å². The average Bonchev–Trinajstić information content (AvgIpc) is 2.94. The Bertz CT molecular complexity index is 248. The van der Waals surface area contributed by atoms with E-state index in [0.29, 0.717) is 12.5 Å². The summed E-state index contributed by atoms with van der Waals surface area (Å²) in [4.78, 5) is 11.8. The molecule has 2 fully saturated rings. The number of rotatable bonds is 4. The Balaban J connectivity index is 1.76. The Labute approximate surface area is 91.8 Å². The lowest BCUT2D eigenvalue weighted by atomic mass is 9.97. The first-order chi connectivity index (χ1) is 7.18. The standard InChI is InChI=1S/C12H22N2O/c1-9-3-2-4-10(9)7-14-11(15)12(8-13)5-6-12/h9-10H,2-8,13H2,1H3,(H,14,15). The summed E-state index contributed by atoms with van der Waals surface area (Å²) in [6.07, 6.45) is 5.88. The summed E-state index contributed by atoms with van der Waals surface area (Å²) in [6, 6.07) is 0. The highest BCUT2D eigenvalue weighted by atomic mass is 16.2. The summed E-state index contributed by atoms with van der Waals surface area (Å²) in [7, 11) is 0. The molecule has 3 nitrogen and oxygen atoms in total. The largest absolute Gasteiger partial charge is 0.355 e. The van der Waals surface area contributed by atoms with Gasteiger partial charge in [0.05, 0.1) is 5.41 Å². The van der Waals surface area contributed by atoms with Crippen molar-refractivity contribution in [1.82, 2.24) is 5.32 Å². The third kappa shape index (κ3) is 2.17. The van der Waals surface area contributed by atoms with Crippen molar-refractivity contribution in [3.8, 4) is 0 Å². The van der Waals surface area contributed by atoms with E-state index in [0.717, 1.165) is 25.3 Å². The highest BCUT2D eigenvalue weighted by Gasteiger charge is 2.48. The zero-order valence-corrected chi connectivity index (χ0v) is 9.59. The van der Waals surface area contributed by atoms with E-state index in [9.17, 15) is 4.79 Å². The molecular weight excluding hydrogens is 188 g/mol. The highest BCUT2D eigenvalue weighted by Crippen LogP contribution is 2.44. The van der Waals surface area contributed by atoms with Crippen LogP contribution in [0.3, 0.4) is 0 Å². The maximum atomic E-state index is 11.8. The maximum Gasteiger partial charge on any atom is 0.227 e. The first-order valence-electron chi connectivity index (χ1n) is 6.16. The minimum absolute atomic E-state index is 0.179. The molecule has 0 spiro atoms. The Hall–Kier alpha value is -0.570. The molecule has 2 rings (SSSR count). The van der Waals surface area contributed by atoms with Gasteiger partial charge in [0.2, 0.25) is 5.91 Å². The van der Waals surface area contributed by atoms with Crippen molar-refractivity contribution in [3.63, 3.8) is 0 Å². The van der Waals surface area contributed by atoms with Crippen LogP contribution in [0.1, 0.15) is 39.0 Å². The monoisotopic (exact) mass is 210 g/mol. The third-order valence-electron chi connectivity index (χ3n) is 4.29. The van der Waals surface area contributed by atoms with Crippen molar-refractivity contribution in [2.75, 3.05) is 13.1 Å². The minimum atomic E-state index is -0.179. The fourth-order valence-electron chi connectivity index (χ4n) is 2.61. The van der Waals surface area contributed by atoms with E-state index < -0.39 is 0 Å². The molecular formula is C12H22N2O. The molecule has 2 aliphatic rings. The van der Waals surface area contributed by atoms with Crippen molar-refractivity contribution in [3.05, 3.63) is 0 Å². The summed E-state index contributed by atoms with van der Waals surface area (Å²) in [6.45, 7) is 3.67. The molecule has 2 saturated carbocycles. The number of amides is 1. The number of carbonyl (C=O) groups excluding carboxylic acids is 1. The van der Waals surface area contributed by atoms with Gasteiger partial charge in [0.1, 0.15) is 0 Å². The molecule has 0 saturated heterocycles. The number of carbonyl (C=O) groups is 1. The fraction of sp³-hybridized carbons (Fsp3) is 0.917. The maximum absolute atomic E-state index is 11.8. The lowest BCUT2D eigenvalue weighted by Gasteiger charge is -2.18. The zero-order valence-electron chi connectivity index (χ0n) is 9.59. The molecule has 0 radical (unpaired) electrons. The minimum Gasteiger partial charge on any atom is -0.355 e. The van der Waals surface area contributed by atoms with Gasteiger partial charge in [-0.15, -0.1) is 0 Å². The van der Waals surface area contributed by atoms with Crippen LogP contribution >= 0.6 is 0 Å². The van der Waals surface area contributed by atoms with Gasteiger partial charge >= 0.3 is 0 Å². The van der Waals surface area contributed by atoms with Crippen molar-refractivity contribution in [2.24, 2.45) is 23.0 Å². The Morgan fingerprint density at radius 3 is 2.67 bits per heavy atom. The van der Waals surface area contributed by atoms with Crippen molar-refractivity contribution in [1.29, 1.82) is 0 Å². The molecule has 0 aromatic carbocycles. The first-order valence-corrected chi connectivity index (χ1v) is 6.16. The molecule has 0 bridgehead atoms. The van der Waals surface area contributed by atoms with Crippen molar-refractivity contribution in [2.45, 2.75) is 39.0 Å². The van der Waals surface area contributed by atoms with Crippen molar-refractivity contribution >= 4 is 5.91 Å². The van der Waals surface area contributed by atoms with Crippen LogP contribution in [-0.2, 0) is 4.79 Å². The zero-order chi connectivity index (χ0) is 10.9. The van der Waals surface area contributed by atoms with E-state index in [2.05, 4.69) is 12.2 Å². The van der Waals surface area contributed by atoms with E-state index in [1.54, 1.807) is 0 Å². The van der Waals surface area contributed by atoms with Crippen LogP contribution in [0.4, 0.5) is 0 Å². The van der Waals surface area contributed by atoms with E-state index >= 15 is 0 Å². The molecule has 2 atom stereocenters. The molecule has 3 heteroatoms. The lowest BCUT2D eigenvalue weighted by Crippen LogP contribution is -2.39. The average molecular weight is 210 g/mol. The first kappa shape index (κ1) is 10.9. The van der Waals surface area contributed by atoms with Crippen LogP contribution in [0.25, 0.3) is 0 Å². The molecule has 0 aromatic rings. The molecule has 2 aliphatic carbocycles. The second kappa shape index (κ2) is 4.12. The summed E-state index contributed by atoms with van der Waals surface area (Å²) in [5.41, 5.74) is 5.44. The van der Waals surface area contributed by atoms with Crippen LogP contribution in [0.2, 0.25) is 0 Å². The van der Waals surface area contributed by atoms with Crippen LogP contribution in [0.15, 0.2) is 0 Å². The molecule has 0 aliphatic heterocycles. The normalized spacial score (nSPS) is 32.7. The van der Waals surface area contributed by atoms with Crippen LogP contribution in [0, 0.1) is 17.3 Å². The van der Waals surface area contributed by atoms with Crippen molar-refractivity contribution < 1.29 is 4.79 Å². The Kier molecular flexibility index (Phi) is 3.01. The van der Waals surface area contributed by atoms with Gasteiger partial charge < -0.3 is 11.1 Å². The molecule has 0 aromatic heterocycles. The van der Waals surface area contributed by atoms with Gasteiger partial charge in [0, 0.05) is 13.1 Å². The Morgan fingerprint density at radius 2 is 2.20 bits per heavy atom. The van der Waals surface area contributed by atoms with Crippen LogP contribution in [0.5, 0.6) is 0 Å². The van der Waals surface area contributed by atoms with E-state index in [-0.39, 0.29) is 11.3 Å². The molecule has 1 amide bonds. The third-order valence-corrected chi connectivity index (χ3v) is 4.29. The number of hydrogen-bond acceptors (Lipinski definition) is 2. The van der Waals surface area contributed by atoms with Gasteiger partial charge in [-0.05, 0) is 31.1 Å². The summed E-state index contributed by atoms with van der Waals surface area (Å²) in [5, 5.41) is 3.09. The molecule has 15 heavy (non-hydrogen) atoms. The molecule has 86 valence electrons. The predicted molar refractivity (Wildman–Crippen MR) is 60.2 cm³/mol. The quantitative estimate of drug-likeness (QED) is 0.734. The number of hydrogen-bond donors (Lipinski definition) is 2. The van der Waals surface area contributed by atoms with Gasteiger partial charge in [-0.2, -0.15) is 0 Å². The summed E-state index contributed by atoms with van der Waals surface area (Å²) >= 11 is 0. The fourth-order valence-corrected chi connectivity index (χ4v) is 2.61. The van der Waals surface area contributed by atoms with Gasteiger partial charge in [-0.25, -0.2) is 0 Å². The van der Waals surface area contributed by atoms with Crippen LogP contribution < -0.4 is 11.1 Å². The second-order valence-corrected chi connectivity index (χ2v) is 5.36. The van der Waals surface area contributed by atoms with E-state index in [1.807, 2.05) is 0 Å². The summed E-state index contributed by atoms with van der Waals surface area (Å²) in [5.74, 6) is 1.67. The highest BCUT2D eigenvalue weighted by molar-refractivity contribution is 5.85. The number of nitrogens with two attached hydrogens (primary N) is 1. The molecule has 3 N–H and O–H groups in total. The van der Waals surface area contributed by atoms with E-state index in [4.69, 9.17) is 5.73 Å². The smallest absolute Gasteiger partial charge is 0.227 e. The topological polar surface area (TPSA) is 55.1 Å². The van der Waals surface area contributed by atoms with Gasteiger partial charge in [-0.3, -0.25) is 4.79 Å². The number of nitrogens with one attached hydrogen (secondary N) is 1. The summed E-state index contributed by atoms with van der Waals surface area (Å²) < 4.78 is 0. The predicted octanol–water partition coefficient (Wildman–Crippen LogP) is 1.28. The molecule has 0 heterocycles. The van der Waals surface area contributed by atoms with E-state index in [1.165, 1.54) is 19.3 Å². The van der Waals surface area contributed by atoms with Gasteiger partial charge in [0.25, 0.3) is 0 Å². The van der Waals surface area contributed by atoms with Crippen LogP contribution in [-0.4, -0.2) is 19.0 Å².